The minimum absolute atomic E-state index is 0.141. The highest BCUT2D eigenvalue weighted by Crippen LogP contribution is 2.44. The first-order valence-electron chi connectivity index (χ1n) is 9.71. The number of hydrogen-bond acceptors (Lipinski definition) is 4. The Kier molecular flexibility index (Phi) is 7.24. The van der Waals surface area contributed by atoms with Crippen molar-refractivity contribution >= 4 is 5.97 Å². The van der Waals surface area contributed by atoms with E-state index in [0.29, 0.717) is 18.9 Å². The van der Waals surface area contributed by atoms with Crippen LogP contribution in [0.2, 0.25) is 0 Å². The van der Waals surface area contributed by atoms with E-state index in [4.69, 9.17) is 9.47 Å². The fourth-order valence-corrected chi connectivity index (χ4v) is 3.65. The van der Waals surface area contributed by atoms with Crippen LogP contribution in [0.4, 0.5) is 0 Å². The van der Waals surface area contributed by atoms with Gasteiger partial charge in [0, 0.05) is 6.92 Å². The lowest BCUT2D eigenvalue weighted by Crippen LogP contribution is -2.18. The molecule has 1 aliphatic carbocycles. The van der Waals surface area contributed by atoms with Crippen LogP contribution in [0, 0.1) is 5.92 Å². The molecule has 0 saturated carbocycles. The Balaban J connectivity index is 2.11. The van der Waals surface area contributed by atoms with Crippen molar-refractivity contribution in [2.24, 2.45) is 5.92 Å². The maximum atomic E-state index is 11.2. The molecule has 2 rings (SSSR count). The molecule has 1 fully saturated rings. The van der Waals surface area contributed by atoms with E-state index in [1.165, 1.54) is 6.92 Å². The lowest BCUT2D eigenvalue weighted by Gasteiger charge is -2.20. The summed E-state index contributed by atoms with van der Waals surface area (Å²) in [6.45, 7) is 14.2. The van der Waals surface area contributed by atoms with Gasteiger partial charge in [0.2, 0.25) is 0 Å². The summed E-state index contributed by atoms with van der Waals surface area (Å²) in [4.78, 5) is 11.2. The van der Waals surface area contributed by atoms with Gasteiger partial charge in [-0.2, -0.15) is 0 Å². The van der Waals surface area contributed by atoms with E-state index < -0.39 is 6.10 Å². The zero-order valence-corrected chi connectivity index (χ0v) is 16.6. The van der Waals surface area contributed by atoms with Crippen molar-refractivity contribution in [3.05, 3.63) is 36.0 Å². The zero-order valence-electron chi connectivity index (χ0n) is 16.6. The first-order chi connectivity index (χ1) is 12.2. The van der Waals surface area contributed by atoms with Crippen LogP contribution in [0.15, 0.2) is 36.0 Å². The van der Waals surface area contributed by atoms with Crippen molar-refractivity contribution in [2.45, 2.75) is 83.5 Å². The van der Waals surface area contributed by atoms with Crippen LogP contribution in [0.5, 0.6) is 0 Å². The van der Waals surface area contributed by atoms with Crippen LogP contribution >= 0.6 is 0 Å². The predicted octanol–water partition coefficient (Wildman–Crippen LogP) is 4.49. The number of epoxide rings is 1. The van der Waals surface area contributed by atoms with Crippen molar-refractivity contribution in [1.29, 1.82) is 0 Å². The number of carbonyl (C=O) groups excluding carboxylic acids is 1. The summed E-state index contributed by atoms with van der Waals surface area (Å²) in [6.07, 6.45) is 7.87. The number of aliphatic hydroxyl groups excluding tert-OH is 1. The molecule has 146 valence electrons. The van der Waals surface area contributed by atoms with Crippen molar-refractivity contribution < 1.29 is 19.4 Å². The van der Waals surface area contributed by atoms with E-state index in [1.54, 1.807) is 0 Å². The van der Waals surface area contributed by atoms with E-state index in [9.17, 15) is 9.90 Å². The van der Waals surface area contributed by atoms with Crippen LogP contribution in [-0.2, 0) is 14.3 Å². The SMILES string of the molecule is C=C1CCC(C(=C)C)CC=C(COC(C)=O)CCC2OC2(C)CCC1O. The average Bonchev–Trinajstić information content (AvgIpc) is 3.23. The topological polar surface area (TPSA) is 59.1 Å². The molecule has 1 N–H and O–H groups in total. The van der Waals surface area contributed by atoms with Gasteiger partial charge < -0.3 is 14.6 Å². The molecule has 1 heterocycles. The normalized spacial score (nSPS) is 33.5. The quantitative estimate of drug-likeness (QED) is 0.457. The van der Waals surface area contributed by atoms with Crippen LogP contribution in [-0.4, -0.2) is 35.5 Å². The van der Waals surface area contributed by atoms with E-state index >= 15 is 0 Å². The lowest BCUT2D eigenvalue weighted by atomic mass is 9.87. The Hall–Kier alpha value is -1.39. The van der Waals surface area contributed by atoms with E-state index in [0.717, 1.165) is 55.2 Å². The van der Waals surface area contributed by atoms with Gasteiger partial charge in [-0.3, -0.25) is 4.79 Å². The molecule has 0 aromatic carbocycles. The predicted molar refractivity (Wildman–Crippen MR) is 104 cm³/mol. The molecule has 2 aliphatic rings. The van der Waals surface area contributed by atoms with Crippen LogP contribution < -0.4 is 0 Å². The van der Waals surface area contributed by atoms with Crippen LogP contribution in [0.1, 0.15) is 65.7 Å². The maximum absolute atomic E-state index is 11.2. The fourth-order valence-electron chi connectivity index (χ4n) is 3.65. The lowest BCUT2D eigenvalue weighted by molar-refractivity contribution is -0.140. The minimum Gasteiger partial charge on any atom is -0.461 e. The number of rotatable bonds is 3. The first-order valence-corrected chi connectivity index (χ1v) is 9.71. The summed E-state index contributed by atoms with van der Waals surface area (Å²) in [6, 6.07) is 0. The first kappa shape index (κ1) is 20.9. The zero-order chi connectivity index (χ0) is 19.3. The molecule has 0 amide bonds. The summed E-state index contributed by atoms with van der Waals surface area (Å²) >= 11 is 0. The minimum atomic E-state index is -0.458. The highest BCUT2D eigenvalue weighted by atomic mass is 16.6. The van der Waals surface area contributed by atoms with Gasteiger partial charge in [-0.05, 0) is 75.9 Å². The molecular formula is C22H34O4. The van der Waals surface area contributed by atoms with Crippen molar-refractivity contribution in [1.82, 2.24) is 0 Å². The fraction of sp³-hybridized carbons (Fsp3) is 0.682. The third kappa shape index (κ3) is 6.10. The molecule has 0 aromatic heterocycles. The van der Waals surface area contributed by atoms with E-state index in [2.05, 4.69) is 33.1 Å². The molecule has 4 unspecified atom stereocenters. The molecule has 1 saturated heterocycles. The summed E-state index contributed by atoms with van der Waals surface area (Å²) in [5.74, 6) is 0.0937. The molecule has 26 heavy (non-hydrogen) atoms. The molecule has 1 aliphatic heterocycles. The van der Waals surface area contributed by atoms with Gasteiger partial charge in [-0.25, -0.2) is 0 Å². The molecular weight excluding hydrogens is 328 g/mol. The highest BCUT2D eigenvalue weighted by molar-refractivity contribution is 5.66. The second-order valence-electron chi connectivity index (χ2n) is 8.13. The molecule has 0 spiro atoms. The average molecular weight is 363 g/mol. The Bertz CT molecular complexity index is 577. The van der Waals surface area contributed by atoms with Gasteiger partial charge in [-0.15, -0.1) is 0 Å². The molecule has 0 radical (unpaired) electrons. The van der Waals surface area contributed by atoms with E-state index in [-0.39, 0.29) is 17.7 Å². The standard InChI is InChI=1S/C22H34O4/c1-15(2)19-9-6-16(3)20(24)12-13-22(5)21(26-22)11-8-18(7-10-19)14-25-17(4)23/h7,19-21,24H,1,3,6,8-14H2,2,4-5H3. The molecule has 4 heteroatoms. The van der Waals surface area contributed by atoms with Crippen LogP contribution in [0.3, 0.4) is 0 Å². The van der Waals surface area contributed by atoms with Gasteiger partial charge in [0.1, 0.15) is 6.61 Å². The second-order valence-corrected chi connectivity index (χ2v) is 8.13. The van der Waals surface area contributed by atoms with E-state index in [1.807, 2.05) is 0 Å². The number of esters is 1. The Morgan fingerprint density at radius 3 is 2.73 bits per heavy atom. The third-order valence-electron chi connectivity index (χ3n) is 5.81. The van der Waals surface area contributed by atoms with Crippen molar-refractivity contribution in [3.8, 4) is 0 Å². The van der Waals surface area contributed by atoms with Crippen molar-refractivity contribution in [2.75, 3.05) is 6.61 Å². The highest BCUT2D eigenvalue weighted by Gasteiger charge is 2.51. The Morgan fingerprint density at radius 2 is 2.08 bits per heavy atom. The second kappa shape index (κ2) is 9.01. The maximum Gasteiger partial charge on any atom is 0.302 e. The van der Waals surface area contributed by atoms with Gasteiger partial charge in [0.25, 0.3) is 0 Å². The number of carbonyl (C=O) groups is 1. The number of allylic oxidation sites excluding steroid dienone is 2. The van der Waals surface area contributed by atoms with Gasteiger partial charge >= 0.3 is 5.97 Å². The van der Waals surface area contributed by atoms with Crippen molar-refractivity contribution in [3.63, 3.8) is 0 Å². The Labute approximate surface area is 158 Å². The van der Waals surface area contributed by atoms with Gasteiger partial charge in [0.15, 0.2) is 0 Å². The summed E-state index contributed by atoms with van der Waals surface area (Å²) in [5, 5.41) is 10.4. The molecule has 4 nitrogen and oxygen atoms in total. The molecule has 0 bridgehead atoms. The summed E-state index contributed by atoms with van der Waals surface area (Å²) in [7, 11) is 0. The van der Waals surface area contributed by atoms with Gasteiger partial charge in [0.05, 0.1) is 17.8 Å². The monoisotopic (exact) mass is 362 g/mol. The number of hydrogen-bond donors (Lipinski definition) is 1. The smallest absolute Gasteiger partial charge is 0.302 e. The molecule has 4 atom stereocenters. The number of ether oxygens (including phenoxy) is 2. The summed E-state index contributed by atoms with van der Waals surface area (Å²) in [5.41, 5.74) is 3.05. The largest absolute Gasteiger partial charge is 0.461 e. The number of aliphatic hydroxyl groups is 1. The summed E-state index contributed by atoms with van der Waals surface area (Å²) < 4.78 is 11.1. The van der Waals surface area contributed by atoms with Gasteiger partial charge in [-0.1, -0.05) is 24.8 Å². The van der Waals surface area contributed by atoms with Crippen LogP contribution in [0.25, 0.3) is 0 Å². The molecule has 0 aromatic rings. The number of fused-ring (bicyclic) bond motifs is 1. The third-order valence-corrected chi connectivity index (χ3v) is 5.81. The Morgan fingerprint density at radius 1 is 1.35 bits per heavy atom.